The Labute approximate surface area is 203 Å². The minimum atomic E-state index is -3.37. The molecule has 3 N–H and O–H groups in total. The minimum Gasteiger partial charge on any atom is -0.496 e. The van der Waals surface area contributed by atoms with Crippen LogP contribution in [-0.2, 0) is 16.4 Å². The molecule has 0 unspecified atom stereocenters. The number of rotatable bonds is 8. The van der Waals surface area contributed by atoms with Gasteiger partial charge in [0.25, 0.3) is 11.8 Å². The number of nitrogens with two attached hydrogens (primary N) is 1. The number of methoxy groups -OCH3 is 1. The number of sulfone groups is 1. The summed E-state index contributed by atoms with van der Waals surface area (Å²) in [7, 11) is 0.0682. The van der Waals surface area contributed by atoms with Crippen molar-refractivity contribution in [3.05, 3.63) is 54.2 Å². The van der Waals surface area contributed by atoms with Gasteiger partial charge in [-0.2, -0.15) is 0 Å². The number of nitrogen functional groups attached to an aromatic ring is 1. The second-order valence-corrected chi connectivity index (χ2v) is 10.6. The lowest BCUT2D eigenvalue weighted by Crippen LogP contribution is -2.13. The van der Waals surface area contributed by atoms with Crippen molar-refractivity contribution in [1.82, 2.24) is 25.5 Å². The van der Waals surface area contributed by atoms with Crippen molar-refractivity contribution in [3.63, 3.8) is 0 Å². The van der Waals surface area contributed by atoms with Gasteiger partial charge in [0.2, 0.25) is 0 Å². The third kappa shape index (κ3) is 4.86. The minimum absolute atomic E-state index is 0.104. The molecule has 0 fully saturated rings. The molecule has 0 aliphatic carbocycles. The second-order valence-electron chi connectivity index (χ2n) is 8.08. The molecule has 0 aliphatic rings. The molecular weight excluding hydrogens is 468 g/mol. The number of aromatic nitrogens is 4. The molecule has 4 aromatic rings. The predicted octanol–water partition coefficient (Wildman–Crippen LogP) is 3.35. The van der Waals surface area contributed by atoms with Crippen molar-refractivity contribution in [2.45, 2.75) is 30.5 Å². The van der Waals surface area contributed by atoms with Crippen molar-refractivity contribution < 1.29 is 17.6 Å². The van der Waals surface area contributed by atoms with Crippen LogP contribution in [0.25, 0.3) is 34.3 Å². The zero-order chi connectivity index (χ0) is 25.2. The molecule has 2 aromatic carbocycles. The van der Waals surface area contributed by atoms with Crippen LogP contribution in [-0.4, -0.2) is 48.0 Å². The Bertz CT molecular complexity index is 1450. The van der Waals surface area contributed by atoms with Crippen LogP contribution in [0.1, 0.15) is 19.4 Å². The SMILES string of the molecule is CNCc1ccc(-c2nnc(-c3nc(-c4ccc(S(=O)(=O)C(C)C)cc4)cnc3N)o2)c(OC)c1. The first-order valence-corrected chi connectivity index (χ1v) is 12.4. The first-order chi connectivity index (χ1) is 16.7. The van der Waals surface area contributed by atoms with Crippen LogP contribution in [0, 0.1) is 0 Å². The van der Waals surface area contributed by atoms with Crippen LogP contribution >= 0.6 is 0 Å². The maximum absolute atomic E-state index is 12.4. The molecule has 0 saturated carbocycles. The van der Waals surface area contributed by atoms with Gasteiger partial charge in [-0.1, -0.05) is 18.2 Å². The normalized spacial score (nSPS) is 11.7. The number of hydrogen-bond acceptors (Lipinski definition) is 10. The van der Waals surface area contributed by atoms with Crippen molar-refractivity contribution in [1.29, 1.82) is 0 Å². The summed E-state index contributed by atoms with van der Waals surface area (Å²) in [6, 6.07) is 12.1. The van der Waals surface area contributed by atoms with E-state index in [1.54, 1.807) is 45.2 Å². The van der Waals surface area contributed by atoms with E-state index in [9.17, 15) is 8.42 Å². The van der Waals surface area contributed by atoms with Gasteiger partial charge in [-0.25, -0.2) is 18.4 Å². The Kier molecular flexibility index (Phi) is 6.81. The molecule has 10 nitrogen and oxygen atoms in total. The summed E-state index contributed by atoms with van der Waals surface area (Å²) in [4.78, 5) is 9.02. The predicted molar refractivity (Wildman–Crippen MR) is 132 cm³/mol. The maximum Gasteiger partial charge on any atom is 0.270 e. The van der Waals surface area contributed by atoms with Crippen LogP contribution in [0.3, 0.4) is 0 Å². The maximum atomic E-state index is 12.4. The van der Waals surface area contributed by atoms with Gasteiger partial charge in [0.05, 0.1) is 34.7 Å². The van der Waals surface area contributed by atoms with Crippen LogP contribution in [0.2, 0.25) is 0 Å². The third-order valence-corrected chi connectivity index (χ3v) is 7.58. The van der Waals surface area contributed by atoms with E-state index in [1.807, 2.05) is 25.2 Å². The summed E-state index contributed by atoms with van der Waals surface area (Å²) in [5.74, 6) is 1.08. The number of anilines is 1. The van der Waals surface area contributed by atoms with Crippen LogP contribution < -0.4 is 15.8 Å². The summed E-state index contributed by atoms with van der Waals surface area (Å²) >= 11 is 0. The molecule has 35 heavy (non-hydrogen) atoms. The molecule has 11 heteroatoms. The zero-order valence-corrected chi connectivity index (χ0v) is 20.6. The Balaban J connectivity index is 1.67. The molecule has 0 aliphatic heterocycles. The fourth-order valence-corrected chi connectivity index (χ4v) is 4.50. The molecule has 0 radical (unpaired) electrons. The largest absolute Gasteiger partial charge is 0.496 e. The van der Waals surface area contributed by atoms with Gasteiger partial charge in [-0.3, -0.25) is 0 Å². The molecule has 0 saturated heterocycles. The highest BCUT2D eigenvalue weighted by Gasteiger charge is 2.21. The molecule has 4 rings (SSSR count). The average molecular weight is 495 g/mol. The number of nitrogens with one attached hydrogen (secondary N) is 1. The monoisotopic (exact) mass is 494 g/mol. The third-order valence-electron chi connectivity index (χ3n) is 5.40. The number of nitrogens with zero attached hydrogens (tertiary/aromatic N) is 4. The lowest BCUT2D eigenvalue weighted by Gasteiger charge is -2.09. The van der Waals surface area contributed by atoms with Crippen LogP contribution in [0.5, 0.6) is 5.75 Å². The second kappa shape index (κ2) is 9.80. The first-order valence-electron chi connectivity index (χ1n) is 10.9. The number of benzene rings is 2. The van der Waals surface area contributed by atoms with Crippen LogP contribution in [0.15, 0.2) is 58.0 Å². The van der Waals surface area contributed by atoms with Crippen molar-refractivity contribution >= 4 is 15.7 Å². The van der Waals surface area contributed by atoms with E-state index in [1.165, 1.54) is 6.20 Å². The Morgan fingerprint density at radius 1 is 1.09 bits per heavy atom. The van der Waals surface area contributed by atoms with Gasteiger partial charge in [0.1, 0.15) is 5.75 Å². The summed E-state index contributed by atoms with van der Waals surface area (Å²) in [5, 5.41) is 10.8. The molecular formula is C24H26N6O4S. The van der Waals surface area contributed by atoms with Gasteiger partial charge in [-0.15, -0.1) is 10.2 Å². The highest BCUT2D eigenvalue weighted by Crippen LogP contribution is 2.33. The van der Waals surface area contributed by atoms with Gasteiger partial charge in [0.15, 0.2) is 21.3 Å². The lowest BCUT2D eigenvalue weighted by molar-refractivity contribution is 0.413. The summed E-state index contributed by atoms with van der Waals surface area (Å²) in [6.45, 7) is 3.98. The molecule has 0 atom stereocenters. The van der Waals surface area contributed by atoms with E-state index >= 15 is 0 Å². The van der Waals surface area contributed by atoms with E-state index in [2.05, 4.69) is 25.5 Å². The molecule has 0 spiro atoms. The fraction of sp³-hybridized carbons (Fsp3) is 0.250. The van der Waals surface area contributed by atoms with Crippen LogP contribution in [0.4, 0.5) is 5.82 Å². The highest BCUT2D eigenvalue weighted by molar-refractivity contribution is 7.92. The van der Waals surface area contributed by atoms with Gasteiger partial charge < -0.3 is 20.2 Å². The van der Waals surface area contributed by atoms with Gasteiger partial charge in [-0.05, 0) is 50.7 Å². The smallest absolute Gasteiger partial charge is 0.270 e. The average Bonchev–Trinajstić information content (AvgIpc) is 3.34. The summed E-state index contributed by atoms with van der Waals surface area (Å²) in [6.07, 6.45) is 1.51. The Morgan fingerprint density at radius 2 is 1.80 bits per heavy atom. The molecule has 182 valence electrons. The Hall–Kier alpha value is -3.83. The number of ether oxygens (including phenoxy) is 1. The van der Waals surface area contributed by atoms with E-state index in [4.69, 9.17) is 14.9 Å². The first kappa shape index (κ1) is 24.3. The zero-order valence-electron chi connectivity index (χ0n) is 19.8. The van der Waals surface area contributed by atoms with E-state index < -0.39 is 15.1 Å². The summed E-state index contributed by atoms with van der Waals surface area (Å²) < 4.78 is 36.2. The molecule has 0 bridgehead atoms. The topological polar surface area (TPSA) is 146 Å². The van der Waals surface area contributed by atoms with Crippen molar-refractivity contribution in [2.24, 2.45) is 0 Å². The fourth-order valence-electron chi connectivity index (χ4n) is 3.44. The lowest BCUT2D eigenvalue weighted by atomic mass is 10.1. The van der Waals surface area contributed by atoms with E-state index in [0.717, 1.165) is 5.56 Å². The van der Waals surface area contributed by atoms with Gasteiger partial charge in [0, 0.05) is 12.1 Å². The summed E-state index contributed by atoms with van der Waals surface area (Å²) in [5.41, 5.74) is 9.12. The Morgan fingerprint density at radius 3 is 2.46 bits per heavy atom. The van der Waals surface area contributed by atoms with Crippen molar-refractivity contribution in [2.75, 3.05) is 19.9 Å². The quantitative estimate of drug-likeness (QED) is 0.374. The molecule has 2 aromatic heterocycles. The van der Waals surface area contributed by atoms with Crippen molar-refractivity contribution in [3.8, 4) is 40.0 Å². The van der Waals surface area contributed by atoms with E-state index in [-0.39, 0.29) is 28.2 Å². The number of hydrogen-bond donors (Lipinski definition) is 2. The molecule has 2 heterocycles. The molecule has 0 amide bonds. The van der Waals surface area contributed by atoms with Gasteiger partial charge >= 0.3 is 0 Å². The van der Waals surface area contributed by atoms with E-state index in [0.29, 0.717) is 29.1 Å². The highest BCUT2D eigenvalue weighted by atomic mass is 32.2. The standard InChI is InChI=1S/C24H26N6O4S/c1-14(2)35(31,32)17-8-6-16(7-9-17)19-13-27-22(25)21(28-19)24-30-29-23(34-24)18-10-5-15(12-26-3)11-20(18)33-4/h5-11,13-14,26H,12H2,1-4H3,(H2,25,27).